The maximum atomic E-state index is 12.3. The van der Waals surface area contributed by atoms with Gasteiger partial charge in [-0.3, -0.25) is 19.6 Å². The van der Waals surface area contributed by atoms with Crippen LogP contribution in [0.15, 0.2) is 67.0 Å². The molecule has 0 unspecified atom stereocenters. The van der Waals surface area contributed by atoms with Crippen LogP contribution in [0.25, 0.3) is 0 Å². The summed E-state index contributed by atoms with van der Waals surface area (Å²) in [6.45, 7) is 1.87. The molecule has 0 atom stereocenters. The highest BCUT2D eigenvalue weighted by molar-refractivity contribution is 5.94. The Hall–Kier alpha value is -3.54. The molecule has 0 fully saturated rings. The number of carbonyl (C=O) groups is 2. The van der Waals surface area contributed by atoms with Gasteiger partial charge in [0, 0.05) is 29.3 Å². The molecule has 2 aromatic heterocycles. The molecule has 0 aliphatic rings. The quantitative estimate of drug-likeness (QED) is 0.669. The van der Waals surface area contributed by atoms with Crippen molar-refractivity contribution < 1.29 is 9.59 Å². The number of nitrogens with one attached hydrogen (secondary N) is 2. The van der Waals surface area contributed by atoms with Gasteiger partial charge < -0.3 is 10.6 Å². The van der Waals surface area contributed by atoms with E-state index in [4.69, 9.17) is 0 Å². The molecule has 130 valence electrons. The minimum atomic E-state index is -0.272. The van der Waals surface area contributed by atoms with E-state index >= 15 is 0 Å². The van der Waals surface area contributed by atoms with E-state index in [9.17, 15) is 9.59 Å². The van der Waals surface area contributed by atoms with Crippen LogP contribution >= 0.6 is 0 Å². The smallest absolute Gasteiger partial charge is 0.270 e. The van der Waals surface area contributed by atoms with E-state index in [1.807, 2.05) is 30.3 Å². The van der Waals surface area contributed by atoms with Crippen molar-refractivity contribution in [2.75, 3.05) is 5.32 Å². The van der Waals surface area contributed by atoms with Crippen LogP contribution in [0.2, 0.25) is 0 Å². The van der Waals surface area contributed by atoms with Gasteiger partial charge in [-0.2, -0.15) is 0 Å². The van der Waals surface area contributed by atoms with Crippen molar-refractivity contribution in [1.82, 2.24) is 15.3 Å². The van der Waals surface area contributed by atoms with E-state index in [2.05, 4.69) is 20.6 Å². The predicted molar refractivity (Wildman–Crippen MR) is 99.4 cm³/mol. The summed E-state index contributed by atoms with van der Waals surface area (Å²) in [5.74, 6) is -0.251. The third-order valence-electron chi connectivity index (χ3n) is 3.73. The summed E-state index contributed by atoms with van der Waals surface area (Å²) in [5, 5.41) is 5.99. The average Bonchev–Trinajstić information content (AvgIpc) is 2.67. The van der Waals surface area contributed by atoms with Crippen molar-refractivity contribution in [2.45, 2.75) is 13.5 Å². The number of hydrogen-bond donors (Lipinski definition) is 2. The van der Waals surface area contributed by atoms with E-state index in [1.165, 1.54) is 6.92 Å². The van der Waals surface area contributed by atoms with Crippen molar-refractivity contribution >= 4 is 23.1 Å². The lowest BCUT2D eigenvalue weighted by Crippen LogP contribution is -2.24. The summed E-state index contributed by atoms with van der Waals surface area (Å²) in [5.41, 5.74) is 3.30. The zero-order valence-electron chi connectivity index (χ0n) is 14.3. The van der Waals surface area contributed by atoms with Crippen molar-refractivity contribution in [1.29, 1.82) is 0 Å². The lowest BCUT2D eigenvalue weighted by molar-refractivity contribution is 0.0944. The molecule has 3 aromatic rings. The number of anilines is 2. The molecule has 2 N–H and O–H groups in total. The van der Waals surface area contributed by atoms with Gasteiger partial charge in [-0.1, -0.05) is 6.07 Å². The van der Waals surface area contributed by atoms with E-state index in [0.717, 1.165) is 17.1 Å². The summed E-state index contributed by atoms with van der Waals surface area (Å²) in [7, 11) is 0. The Bertz CT molecular complexity index is 909. The molecule has 1 amide bonds. The number of aromatic nitrogens is 2. The number of pyridine rings is 2. The number of nitrogens with zero attached hydrogens (tertiary/aromatic N) is 2. The highest BCUT2D eigenvalue weighted by Gasteiger charge is 2.08. The van der Waals surface area contributed by atoms with Gasteiger partial charge in [0.05, 0.1) is 12.2 Å². The summed E-state index contributed by atoms with van der Waals surface area (Å²) < 4.78 is 0. The fourth-order valence-electron chi connectivity index (χ4n) is 2.35. The fraction of sp³-hybridized carbons (Fsp3) is 0.100. The van der Waals surface area contributed by atoms with Crippen LogP contribution in [-0.4, -0.2) is 21.7 Å². The van der Waals surface area contributed by atoms with Crippen LogP contribution < -0.4 is 10.6 Å². The molecule has 0 aliphatic carbocycles. The second-order valence-electron chi connectivity index (χ2n) is 5.69. The maximum Gasteiger partial charge on any atom is 0.270 e. The minimum absolute atomic E-state index is 0.0207. The number of carbonyl (C=O) groups excluding carboxylic acids is 2. The first kappa shape index (κ1) is 17.3. The van der Waals surface area contributed by atoms with E-state index in [-0.39, 0.29) is 11.7 Å². The number of Topliss-reactive ketones (excluding diaryl/α,β-unsaturated/α-hetero) is 1. The van der Waals surface area contributed by atoms with Crippen molar-refractivity contribution in [2.24, 2.45) is 0 Å². The number of hydrogen-bond acceptors (Lipinski definition) is 5. The number of rotatable bonds is 6. The molecule has 0 saturated carbocycles. The van der Waals surface area contributed by atoms with Crippen molar-refractivity contribution in [3.63, 3.8) is 0 Å². The molecule has 3 rings (SSSR count). The van der Waals surface area contributed by atoms with E-state index in [0.29, 0.717) is 17.8 Å². The molecule has 26 heavy (non-hydrogen) atoms. The van der Waals surface area contributed by atoms with Crippen LogP contribution in [0.4, 0.5) is 11.4 Å². The second-order valence-corrected chi connectivity index (χ2v) is 5.69. The van der Waals surface area contributed by atoms with Crippen LogP contribution in [0.1, 0.15) is 33.5 Å². The first-order chi connectivity index (χ1) is 12.6. The Morgan fingerprint density at radius 3 is 2.42 bits per heavy atom. The van der Waals surface area contributed by atoms with Crippen molar-refractivity contribution in [3.05, 3.63) is 83.9 Å². The summed E-state index contributed by atoms with van der Waals surface area (Å²) in [4.78, 5) is 31.9. The monoisotopic (exact) mass is 346 g/mol. The van der Waals surface area contributed by atoms with Crippen LogP contribution in [0.5, 0.6) is 0 Å². The lowest BCUT2D eigenvalue weighted by atomic mass is 10.1. The zero-order valence-corrected chi connectivity index (χ0v) is 14.3. The SMILES string of the molecule is CC(=O)c1ccc(Nc2ccnc(C(=O)NCc3ccccn3)c2)cc1. The van der Waals surface area contributed by atoms with Gasteiger partial charge in [0.2, 0.25) is 0 Å². The van der Waals surface area contributed by atoms with Gasteiger partial charge in [0.1, 0.15) is 5.69 Å². The number of benzene rings is 1. The third-order valence-corrected chi connectivity index (χ3v) is 3.73. The Morgan fingerprint density at radius 1 is 0.923 bits per heavy atom. The maximum absolute atomic E-state index is 12.3. The first-order valence-corrected chi connectivity index (χ1v) is 8.14. The molecule has 0 saturated heterocycles. The van der Waals surface area contributed by atoms with Crippen LogP contribution in [0.3, 0.4) is 0 Å². The van der Waals surface area contributed by atoms with E-state index < -0.39 is 0 Å². The molecule has 2 heterocycles. The lowest BCUT2D eigenvalue weighted by Gasteiger charge is -2.09. The molecule has 6 nitrogen and oxygen atoms in total. The molecule has 1 aromatic carbocycles. The van der Waals surface area contributed by atoms with Gasteiger partial charge in [-0.15, -0.1) is 0 Å². The summed E-state index contributed by atoms with van der Waals surface area (Å²) >= 11 is 0. The fourth-order valence-corrected chi connectivity index (χ4v) is 2.35. The second kappa shape index (κ2) is 8.02. The van der Waals surface area contributed by atoms with Gasteiger partial charge in [0.15, 0.2) is 5.78 Å². The predicted octanol–water partition coefficient (Wildman–Crippen LogP) is 3.35. The van der Waals surface area contributed by atoms with Gasteiger partial charge in [-0.25, -0.2) is 0 Å². The molecule has 6 heteroatoms. The van der Waals surface area contributed by atoms with Crippen LogP contribution in [0, 0.1) is 0 Å². The third kappa shape index (κ3) is 4.51. The highest BCUT2D eigenvalue weighted by atomic mass is 16.1. The highest BCUT2D eigenvalue weighted by Crippen LogP contribution is 2.17. The Morgan fingerprint density at radius 2 is 1.73 bits per heavy atom. The Labute approximate surface area is 151 Å². The normalized spacial score (nSPS) is 10.2. The molecule has 0 bridgehead atoms. The summed E-state index contributed by atoms with van der Waals surface area (Å²) in [6.07, 6.45) is 3.25. The molecular weight excluding hydrogens is 328 g/mol. The van der Waals surface area contributed by atoms with Crippen molar-refractivity contribution in [3.8, 4) is 0 Å². The van der Waals surface area contributed by atoms with Gasteiger partial charge in [0.25, 0.3) is 5.91 Å². The standard InChI is InChI=1S/C20H18N4O2/c1-14(25)15-5-7-16(8-6-15)24-17-9-11-22-19(12-17)20(26)23-13-18-4-2-3-10-21-18/h2-12H,13H2,1H3,(H,22,24)(H,23,26). The van der Waals surface area contributed by atoms with Gasteiger partial charge in [-0.05, 0) is 55.5 Å². The first-order valence-electron chi connectivity index (χ1n) is 8.14. The molecule has 0 spiro atoms. The zero-order chi connectivity index (χ0) is 18.4. The molecular formula is C20H18N4O2. The topological polar surface area (TPSA) is 84.0 Å². The number of ketones is 1. The number of amides is 1. The van der Waals surface area contributed by atoms with Crippen LogP contribution in [-0.2, 0) is 6.54 Å². The Kier molecular flexibility index (Phi) is 5.34. The molecule has 0 aliphatic heterocycles. The average molecular weight is 346 g/mol. The minimum Gasteiger partial charge on any atom is -0.355 e. The van der Waals surface area contributed by atoms with Gasteiger partial charge >= 0.3 is 0 Å². The largest absolute Gasteiger partial charge is 0.355 e. The van der Waals surface area contributed by atoms with E-state index in [1.54, 1.807) is 36.7 Å². The Balaban J connectivity index is 1.65. The summed E-state index contributed by atoms with van der Waals surface area (Å²) in [6, 6.07) is 16.1. The molecule has 0 radical (unpaired) electrons.